The number of rotatable bonds is 2. The number of fused-ring (bicyclic) bond motifs is 3. The van der Waals surface area contributed by atoms with E-state index in [4.69, 9.17) is 0 Å². The first-order valence-corrected chi connectivity index (χ1v) is 9.37. The molecule has 1 aromatic heterocycles. The highest BCUT2D eigenvalue weighted by Gasteiger charge is 2.34. The molecule has 4 heterocycles. The Morgan fingerprint density at radius 1 is 1.26 bits per heavy atom. The van der Waals surface area contributed by atoms with Gasteiger partial charge in [0.15, 0.2) is 0 Å². The van der Waals surface area contributed by atoms with E-state index in [9.17, 15) is 14.7 Å². The summed E-state index contributed by atoms with van der Waals surface area (Å²) in [6.07, 6.45) is 3.85. The van der Waals surface area contributed by atoms with E-state index in [0.717, 1.165) is 31.2 Å². The number of likely N-dealkylation sites (N-methyl/N-ethyl adjacent to an activating group) is 1. The summed E-state index contributed by atoms with van der Waals surface area (Å²) in [7, 11) is 2.13. The van der Waals surface area contributed by atoms with E-state index in [0.29, 0.717) is 16.5 Å². The van der Waals surface area contributed by atoms with Gasteiger partial charge in [-0.3, -0.25) is 9.69 Å². The van der Waals surface area contributed by atoms with Crippen LogP contribution < -0.4 is 5.43 Å². The lowest BCUT2D eigenvalue weighted by molar-refractivity contribution is 0.0688. The number of thioether (sulfide) groups is 2. The van der Waals surface area contributed by atoms with Crippen molar-refractivity contribution in [1.29, 1.82) is 0 Å². The van der Waals surface area contributed by atoms with Crippen LogP contribution >= 0.6 is 23.5 Å². The molecule has 1 fully saturated rings. The number of aromatic carboxylic acids is 1. The lowest BCUT2D eigenvalue weighted by Gasteiger charge is -2.39. The number of piperazine rings is 1. The van der Waals surface area contributed by atoms with E-state index in [1.807, 2.05) is 16.7 Å². The van der Waals surface area contributed by atoms with Crippen LogP contribution in [0, 0.1) is 0 Å². The highest BCUT2D eigenvalue weighted by Crippen LogP contribution is 2.42. The van der Waals surface area contributed by atoms with Crippen LogP contribution in [0.2, 0.25) is 0 Å². The van der Waals surface area contributed by atoms with Crippen molar-refractivity contribution in [1.82, 2.24) is 14.4 Å². The highest BCUT2D eigenvalue weighted by molar-refractivity contribution is 8.01. The fourth-order valence-electron chi connectivity index (χ4n) is 3.09. The topological polar surface area (TPSA) is 65.8 Å². The number of carboxylic acids is 1. The molecule has 3 aliphatic rings. The number of hydrogen-bond donors (Lipinski definition) is 1. The van der Waals surface area contributed by atoms with Crippen LogP contribution in [0.15, 0.2) is 20.9 Å². The van der Waals surface area contributed by atoms with E-state index in [2.05, 4.69) is 16.8 Å². The van der Waals surface area contributed by atoms with Crippen LogP contribution in [0.4, 0.5) is 0 Å². The standard InChI is InChI=1S/C15H17N3O3S2/c1-16-4-6-17(7-5-16)10-3-2-9-12(19)11(15(20)21)14-18(8-22-14)13(9)23-10/h2-3,10H,4-8H2,1H3,(H,20,21). The Labute approximate surface area is 142 Å². The zero-order chi connectivity index (χ0) is 16.1. The molecule has 4 rings (SSSR count). The Balaban J connectivity index is 1.69. The van der Waals surface area contributed by atoms with Gasteiger partial charge in [0, 0.05) is 26.2 Å². The quantitative estimate of drug-likeness (QED) is 0.861. The molecule has 1 N–H and O–H groups in total. The molecule has 0 saturated carbocycles. The van der Waals surface area contributed by atoms with Crippen LogP contribution in [0.5, 0.6) is 0 Å². The molecule has 1 saturated heterocycles. The van der Waals surface area contributed by atoms with Crippen LogP contribution in [0.3, 0.4) is 0 Å². The number of nitrogens with zero attached hydrogens (tertiary/aromatic N) is 3. The van der Waals surface area contributed by atoms with Crippen LogP contribution in [0.1, 0.15) is 15.9 Å². The lowest BCUT2D eigenvalue weighted by atomic mass is 10.1. The van der Waals surface area contributed by atoms with Gasteiger partial charge in [0.2, 0.25) is 5.43 Å². The van der Waals surface area contributed by atoms with Crippen molar-refractivity contribution in [2.75, 3.05) is 33.2 Å². The average Bonchev–Trinajstić information content (AvgIpc) is 2.50. The molecule has 0 aliphatic carbocycles. The molecule has 0 bridgehead atoms. The van der Waals surface area contributed by atoms with Gasteiger partial charge in [0.05, 0.1) is 26.9 Å². The van der Waals surface area contributed by atoms with Gasteiger partial charge >= 0.3 is 5.97 Å². The summed E-state index contributed by atoms with van der Waals surface area (Å²) in [5.41, 5.74) is 0.0941. The molecule has 0 radical (unpaired) electrons. The van der Waals surface area contributed by atoms with Gasteiger partial charge in [0.25, 0.3) is 0 Å². The summed E-state index contributed by atoms with van der Waals surface area (Å²) in [6, 6.07) is 0. The third kappa shape index (κ3) is 2.44. The van der Waals surface area contributed by atoms with Gasteiger partial charge in [-0.15, -0.1) is 0 Å². The summed E-state index contributed by atoms with van der Waals surface area (Å²) < 4.78 is 1.97. The Morgan fingerprint density at radius 2 is 2.00 bits per heavy atom. The second kappa shape index (κ2) is 5.70. The van der Waals surface area contributed by atoms with Gasteiger partial charge in [-0.05, 0) is 13.1 Å². The maximum atomic E-state index is 12.5. The fraction of sp³-hybridized carbons (Fsp3) is 0.467. The maximum Gasteiger partial charge on any atom is 0.342 e. The van der Waals surface area contributed by atoms with Crippen molar-refractivity contribution in [3.05, 3.63) is 27.4 Å². The monoisotopic (exact) mass is 351 g/mol. The minimum Gasteiger partial charge on any atom is -0.477 e. The maximum absolute atomic E-state index is 12.5. The third-order valence-corrected chi connectivity index (χ3v) is 6.95. The minimum atomic E-state index is -1.13. The fourth-order valence-corrected chi connectivity index (χ4v) is 5.48. The minimum absolute atomic E-state index is 0.0803. The smallest absolute Gasteiger partial charge is 0.342 e. The molecule has 1 unspecified atom stereocenters. The normalized spacial score (nSPS) is 24.0. The second-order valence-electron chi connectivity index (χ2n) is 5.94. The summed E-state index contributed by atoms with van der Waals surface area (Å²) in [6.45, 7) is 4.10. The number of hydrogen-bond acceptors (Lipinski definition) is 6. The second-order valence-corrected chi connectivity index (χ2v) is 7.98. The van der Waals surface area contributed by atoms with Gasteiger partial charge < -0.3 is 14.6 Å². The molecular formula is C15H17N3O3S2. The van der Waals surface area contributed by atoms with Gasteiger partial charge in [-0.2, -0.15) is 0 Å². The van der Waals surface area contributed by atoms with Crippen molar-refractivity contribution in [2.45, 2.75) is 21.3 Å². The molecule has 0 spiro atoms. The zero-order valence-electron chi connectivity index (χ0n) is 12.7. The Kier molecular flexibility index (Phi) is 3.79. The molecular weight excluding hydrogens is 334 g/mol. The molecule has 122 valence electrons. The van der Waals surface area contributed by atoms with Gasteiger partial charge in [-0.25, -0.2) is 4.79 Å². The van der Waals surface area contributed by atoms with E-state index in [1.54, 1.807) is 11.8 Å². The molecule has 0 amide bonds. The molecule has 3 aliphatic heterocycles. The molecule has 6 nitrogen and oxygen atoms in total. The van der Waals surface area contributed by atoms with Crippen molar-refractivity contribution in [3.63, 3.8) is 0 Å². The predicted molar refractivity (Wildman–Crippen MR) is 91.3 cm³/mol. The number of carboxylic acid groups (broad SMARTS) is 1. The zero-order valence-corrected chi connectivity index (χ0v) is 14.3. The van der Waals surface area contributed by atoms with Crippen molar-refractivity contribution >= 4 is 35.6 Å². The SMILES string of the molecule is CN1CCN(C2C=Cc3c(n4c(c(C(=O)O)c3=O)SC4)S2)CC1. The first-order chi connectivity index (χ1) is 11.1. The van der Waals surface area contributed by atoms with Gasteiger partial charge in [0.1, 0.15) is 5.56 Å². The van der Waals surface area contributed by atoms with Crippen molar-refractivity contribution < 1.29 is 9.90 Å². The predicted octanol–water partition coefficient (Wildman–Crippen LogP) is 1.30. The van der Waals surface area contributed by atoms with Gasteiger partial charge in [-0.1, -0.05) is 29.6 Å². The van der Waals surface area contributed by atoms with Crippen LogP contribution in [-0.4, -0.2) is 64.0 Å². The van der Waals surface area contributed by atoms with E-state index in [1.165, 1.54) is 11.8 Å². The highest BCUT2D eigenvalue weighted by atomic mass is 32.2. The number of carbonyl (C=O) groups is 1. The Hall–Kier alpha value is -1.22. The summed E-state index contributed by atoms with van der Waals surface area (Å²) >= 11 is 3.10. The van der Waals surface area contributed by atoms with Crippen molar-refractivity contribution in [3.8, 4) is 0 Å². The van der Waals surface area contributed by atoms with E-state index < -0.39 is 5.97 Å². The van der Waals surface area contributed by atoms with E-state index >= 15 is 0 Å². The first kappa shape index (κ1) is 15.3. The average molecular weight is 351 g/mol. The Bertz CT molecular complexity index is 766. The third-order valence-electron chi connectivity index (χ3n) is 4.51. The largest absolute Gasteiger partial charge is 0.477 e. The molecule has 0 aromatic carbocycles. The molecule has 23 heavy (non-hydrogen) atoms. The summed E-state index contributed by atoms with van der Waals surface area (Å²) in [5, 5.41) is 11.0. The van der Waals surface area contributed by atoms with Crippen LogP contribution in [0.25, 0.3) is 6.08 Å². The first-order valence-electron chi connectivity index (χ1n) is 7.50. The molecule has 1 atom stereocenters. The number of pyridine rings is 1. The van der Waals surface area contributed by atoms with Crippen LogP contribution in [-0.2, 0) is 5.88 Å². The van der Waals surface area contributed by atoms with E-state index in [-0.39, 0.29) is 16.4 Å². The van der Waals surface area contributed by atoms with Crippen molar-refractivity contribution in [2.24, 2.45) is 0 Å². The summed E-state index contributed by atoms with van der Waals surface area (Å²) in [4.78, 5) is 28.6. The lowest BCUT2D eigenvalue weighted by Crippen LogP contribution is -2.48. The Morgan fingerprint density at radius 3 is 2.61 bits per heavy atom. The number of aromatic nitrogens is 1. The molecule has 8 heteroatoms. The summed E-state index contributed by atoms with van der Waals surface area (Å²) in [5.74, 6) is -0.414. The molecule has 1 aromatic rings.